The van der Waals surface area contributed by atoms with Gasteiger partial charge in [0.25, 0.3) is 0 Å². The van der Waals surface area contributed by atoms with Crippen LogP contribution >= 0.6 is 0 Å². The first-order valence-electron chi connectivity index (χ1n) is 7.22. The number of unbranched alkanes of at least 4 members (excludes halogenated alkanes) is 1. The van der Waals surface area contributed by atoms with Crippen LogP contribution < -0.4 is 0 Å². The molecule has 20 heavy (non-hydrogen) atoms. The van der Waals surface area contributed by atoms with Gasteiger partial charge in [0.15, 0.2) is 0 Å². The summed E-state index contributed by atoms with van der Waals surface area (Å²) in [6.07, 6.45) is 1.28. The summed E-state index contributed by atoms with van der Waals surface area (Å²) in [5.41, 5.74) is -0.584. The number of hydrogen-bond donors (Lipinski definition) is 0. The minimum Gasteiger partial charge on any atom is -0.464 e. The zero-order chi connectivity index (χ0) is 15.9. The van der Waals surface area contributed by atoms with E-state index in [4.69, 9.17) is 9.47 Å². The average molecular weight is 287 g/mol. The smallest absolute Gasteiger partial charge is 0.410 e. The van der Waals surface area contributed by atoms with Gasteiger partial charge in [-0.3, -0.25) is 4.90 Å². The third-order valence-electron chi connectivity index (χ3n) is 2.71. The molecule has 0 fully saturated rings. The number of likely N-dealkylation sites (N-methyl/N-ethyl adjacent to an activating group) is 1. The van der Waals surface area contributed by atoms with E-state index in [-0.39, 0.29) is 11.9 Å². The molecule has 5 nitrogen and oxygen atoms in total. The van der Waals surface area contributed by atoms with Gasteiger partial charge in [0, 0.05) is 7.05 Å². The third kappa shape index (κ3) is 6.78. The average Bonchev–Trinajstić information content (AvgIpc) is 2.26. The molecule has 1 atom stereocenters. The Morgan fingerprint density at radius 3 is 2.15 bits per heavy atom. The number of carbonyl (C=O) groups is 2. The standard InChI is InChI=1S/C15H29NO4/c1-8-9-10-19-13(17)12(11(2)3)16(7)14(18)20-15(4,5)6/h11-12H,8-10H2,1-7H3/t12-/m0/s1. The van der Waals surface area contributed by atoms with Gasteiger partial charge < -0.3 is 9.47 Å². The lowest BCUT2D eigenvalue weighted by atomic mass is 10.0. The zero-order valence-electron chi connectivity index (χ0n) is 13.9. The van der Waals surface area contributed by atoms with Gasteiger partial charge in [-0.15, -0.1) is 0 Å². The summed E-state index contributed by atoms with van der Waals surface area (Å²) in [5, 5.41) is 0. The highest BCUT2D eigenvalue weighted by Crippen LogP contribution is 2.16. The maximum absolute atomic E-state index is 12.1. The van der Waals surface area contributed by atoms with E-state index in [1.165, 1.54) is 4.90 Å². The molecule has 0 saturated carbocycles. The molecule has 0 unspecified atom stereocenters. The molecule has 0 aromatic heterocycles. The molecule has 0 radical (unpaired) electrons. The lowest BCUT2D eigenvalue weighted by Crippen LogP contribution is -2.48. The third-order valence-corrected chi connectivity index (χ3v) is 2.71. The van der Waals surface area contributed by atoms with Crippen molar-refractivity contribution in [3.05, 3.63) is 0 Å². The summed E-state index contributed by atoms with van der Waals surface area (Å²) in [5.74, 6) is -0.413. The molecule has 0 aromatic carbocycles. The largest absolute Gasteiger partial charge is 0.464 e. The number of ether oxygens (including phenoxy) is 2. The van der Waals surface area contributed by atoms with E-state index < -0.39 is 17.7 Å². The zero-order valence-corrected chi connectivity index (χ0v) is 13.9. The van der Waals surface area contributed by atoms with Gasteiger partial charge in [0.2, 0.25) is 0 Å². The highest BCUT2D eigenvalue weighted by atomic mass is 16.6. The summed E-state index contributed by atoms with van der Waals surface area (Å²) in [6, 6.07) is -0.623. The van der Waals surface area contributed by atoms with Crippen molar-refractivity contribution >= 4 is 12.1 Å². The summed E-state index contributed by atoms with van der Waals surface area (Å²) in [6.45, 7) is 11.6. The molecule has 0 spiro atoms. The Morgan fingerprint density at radius 2 is 1.75 bits per heavy atom. The molecule has 0 heterocycles. The Kier molecular flexibility index (Phi) is 7.61. The van der Waals surface area contributed by atoms with Crippen molar-refractivity contribution in [1.82, 2.24) is 4.90 Å². The molecular weight excluding hydrogens is 258 g/mol. The fourth-order valence-electron chi connectivity index (χ4n) is 1.73. The molecule has 0 rings (SSSR count). The van der Waals surface area contributed by atoms with Crippen molar-refractivity contribution in [1.29, 1.82) is 0 Å². The number of rotatable bonds is 6. The summed E-state index contributed by atoms with van der Waals surface area (Å²) < 4.78 is 10.5. The fourth-order valence-corrected chi connectivity index (χ4v) is 1.73. The van der Waals surface area contributed by atoms with Crippen LogP contribution in [-0.4, -0.2) is 42.3 Å². The number of amides is 1. The topological polar surface area (TPSA) is 55.8 Å². The van der Waals surface area contributed by atoms with Crippen molar-refractivity contribution in [2.45, 2.75) is 66.0 Å². The van der Waals surface area contributed by atoms with Gasteiger partial charge in [0.1, 0.15) is 11.6 Å². The van der Waals surface area contributed by atoms with E-state index in [9.17, 15) is 9.59 Å². The van der Waals surface area contributed by atoms with Gasteiger partial charge in [-0.25, -0.2) is 9.59 Å². The van der Waals surface area contributed by atoms with Crippen LogP contribution in [-0.2, 0) is 14.3 Å². The number of carbonyl (C=O) groups excluding carboxylic acids is 2. The maximum atomic E-state index is 12.1. The SMILES string of the molecule is CCCCOC(=O)[C@H](C(C)C)N(C)C(=O)OC(C)(C)C. The van der Waals surface area contributed by atoms with Gasteiger partial charge in [0.05, 0.1) is 6.61 Å². The molecule has 0 aromatic rings. The molecule has 0 aliphatic carbocycles. The van der Waals surface area contributed by atoms with Gasteiger partial charge in [-0.05, 0) is 33.1 Å². The molecular formula is C15H29NO4. The first kappa shape index (κ1) is 18.7. The van der Waals surface area contributed by atoms with Gasteiger partial charge in [-0.1, -0.05) is 27.2 Å². The van der Waals surface area contributed by atoms with Crippen molar-refractivity contribution < 1.29 is 19.1 Å². The second kappa shape index (κ2) is 8.12. The van der Waals surface area contributed by atoms with Crippen molar-refractivity contribution in [2.24, 2.45) is 5.92 Å². The van der Waals surface area contributed by atoms with E-state index in [1.54, 1.807) is 27.8 Å². The van der Waals surface area contributed by atoms with Crippen LogP contribution in [0.2, 0.25) is 0 Å². The highest BCUT2D eigenvalue weighted by molar-refractivity contribution is 5.81. The van der Waals surface area contributed by atoms with Crippen LogP contribution in [0.15, 0.2) is 0 Å². The lowest BCUT2D eigenvalue weighted by Gasteiger charge is -2.31. The molecule has 0 aliphatic heterocycles. The molecule has 0 saturated heterocycles. The normalized spacial score (nSPS) is 13.0. The van der Waals surface area contributed by atoms with E-state index >= 15 is 0 Å². The number of hydrogen-bond acceptors (Lipinski definition) is 4. The van der Waals surface area contributed by atoms with Crippen LogP contribution in [0.3, 0.4) is 0 Å². The minimum atomic E-state index is -0.623. The van der Waals surface area contributed by atoms with E-state index in [0.29, 0.717) is 6.61 Å². The fraction of sp³-hybridized carbons (Fsp3) is 0.867. The first-order chi connectivity index (χ1) is 9.10. The Morgan fingerprint density at radius 1 is 1.20 bits per heavy atom. The van der Waals surface area contributed by atoms with E-state index in [2.05, 4.69) is 0 Å². The van der Waals surface area contributed by atoms with Crippen LogP contribution in [0.25, 0.3) is 0 Å². The maximum Gasteiger partial charge on any atom is 0.410 e. The van der Waals surface area contributed by atoms with Crippen LogP contribution in [0.4, 0.5) is 4.79 Å². The lowest BCUT2D eigenvalue weighted by molar-refractivity contribution is -0.151. The first-order valence-corrected chi connectivity index (χ1v) is 7.22. The summed E-state index contributed by atoms with van der Waals surface area (Å²) in [4.78, 5) is 25.5. The van der Waals surface area contributed by atoms with Crippen LogP contribution in [0.5, 0.6) is 0 Å². The number of esters is 1. The van der Waals surface area contributed by atoms with Crippen molar-refractivity contribution in [3.63, 3.8) is 0 Å². The quantitative estimate of drug-likeness (QED) is 0.556. The van der Waals surface area contributed by atoms with Crippen LogP contribution in [0, 0.1) is 5.92 Å². The second-order valence-electron chi connectivity index (χ2n) is 6.30. The van der Waals surface area contributed by atoms with Crippen molar-refractivity contribution in [2.75, 3.05) is 13.7 Å². The molecule has 0 N–H and O–H groups in total. The summed E-state index contributed by atoms with van der Waals surface area (Å²) >= 11 is 0. The van der Waals surface area contributed by atoms with E-state index in [1.807, 2.05) is 20.8 Å². The molecule has 1 amide bonds. The molecule has 0 bridgehead atoms. The Labute approximate surface area is 122 Å². The van der Waals surface area contributed by atoms with E-state index in [0.717, 1.165) is 12.8 Å². The van der Waals surface area contributed by atoms with Gasteiger partial charge >= 0.3 is 12.1 Å². The van der Waals surface area contributed by atoms with Crippen LogP contribution in [0.1, 0.15) is 54.4 Å². The number of nitrogens with zero attached hydrogens (tertiary/aromatic N) is 1. The predicted molar refractivity (Wildman–Crippen MR) is 78.5 cm³/mol. The van der Waals surface area contributed by atoms with Gasteiger partial charge in [-0.2, -0.15) is 0 Å². The Balaban J connectivity index is 4.73. The molecule has 5 heteroatoms. The molecule has 0 aliphatic rings. The monoisotopic (exact) mass is 287 g/mol. The highest BCUT2D eigenvalue weighted by Gasteiger charge is 2.33. The Bertz CT molecular complexity index is 320. The Hall–Kier alpha value is -1.26. The minimum absolute atomic E-state index is 0.0401. The predicted octanol–water partition coefficient (Wildman–Crippen LogP) is 3.22. The van der Waals surface area contributed by atoms with Crippen molar-refractivity contribution in [3.8, 4) is 0 Å². The second-order valence-corrected chi connectivity index (χ2v) is 6.30. The molecule has 118 valence electrons. The summed E-state index contributed by atoms with van der Waals surface area (Å²) in [7, 11) is 1.57.